The molecular formula is C31H53ClN2O5S. The van der Waals surface area contributed by atoms with Gasteiger partial charge in [0.1, 0.15) is 11.9 Å². The number of thioether (sulfide) groups is 1. The van der Waals surface area contributed by atoms with Crippen LogP contribution in [0.4, 0.5) is 0 Å². The van der Waals surface area contributed by atoms with Crippen molar-refractivity contribution in [3.05, 3.63) is 12.7 Å². The lowest BCUT2D eigenvalue weighted by Gasteiger charge is -2.61. The summed E-state index contributed by atoms with van der Waals surface area (Å²) in [5.41, 5.74) is 4.49. The molecule has 0 aromatic carbocycles. The number of Topliss-reactive ketones (excluding diaryl/α,β-unsaturated/α-hetero) is 1. The molecule has 4 N–H and O–H groups in total. The molecule has 0 unspecified atom stereocenters. The zero-order valence-electron chi connectivity index (χ0n) is 25.7. The second-order valence-electron chi connectivity index (χ2n) is 14.1. The number of esters is 1. The van der Waals surface area contributed by atoms with Gasteiger partial charge in [0.2, 0.25) is 5.91 Å². The summed E-state index contributed by atoms with van der Waals surface area (Å²) in [4.78, 5) is 39.2. The van der Waals surface area contributed by atoms with Crippen LogP contribution in [-0.4, -0.2) is 58.1 Å². The fraction of sp³-hybridized carbons (Fsp3) is 0.839. The van der Waals surface area contributed by atoms with Crippen LogP contribution in [0.1, 0.15) is 87.5 Å². The number of carbonyl (C=O) groups is 3. The van der Waals surface area contributed by atoms with E-state index in [4.69, 9.17) is 10.5 Å². The van der Waals surface area contributed by atoms with E-state index in [0.717, 1.165) is 19.3 Å². The quantitative estimate of drug-likeness (QED) is 0.254. The number of hydrogen-bond donors (Lipinski definition) is 3. The Hall–Kier alpha value is -1.09. The molecule has 0 saturated heterocycles. The number of ether oxygens (including phenoxy) is 1. The Morgan fingerprint density at radius 2 is 1.90 bits per heavy atom. The number of amides is 1. The van der Waals surface area contributed by atoms with Crippen molar-refractivity contribution in [3.63, 3.8) is 0 Å². The number of nitrogens with one attached hydrogen (secondary N) is 1. The Morgan fingerprint density at radius 3 is 2.48 bits per heavy atom. The first-order valence-corrected chi connectivity index (χ1v) is 15.6. The van der Waals surface area contributed by atoms with Crippen molar-refractivity contribution in [1.82, 2.24) is 5.32 Å². The van der Waals surface area contributed by atoms with Gasteiger partial charge in [-0.15, -0.1) is 30.7 Å². The Kier molecular flexibility index (Phi) is 11.1. The maximum atomic E-state index is 13.5. The summed E-state index contributed by atoms with van der Waals surface area (Å²) in [6.07, 6.45) is 4.17. The third-order valence-electron chi connectivity index (χ3n) is 10.9. The predicted octanol–water partition coefficient (Wildman–Crippen LogP) is 4.93. The van der Waals surface area contributed by atoms with Crippen molar-refractivity contribution < 1.29 is 24.2 Å². The molecule has 40 heavy (non-hydrogen) atoms. The van der Waals surface area contributed by atoms with Crippen molar-refractivity contribution in [2.75, 3.05) is 12.3 Å². The van der Waals surface area contributed by atoms with E-state index in [1.54, 1.807) is 0 Å². The van der Waals surface area contributed by atoms with Gasteiger partial charge in [0.25, 0.3) is 0 Å². The van der Waals surface area contributed by atoms with Crippen molar-refractivity contribution in [1.29, 1.82) is 0 Å². The molecule has 3 aliphatic carbocycles. The predicted molar refractivity (Wildman–Crippen MR) is 164 cm³/mol. The third kappa shape index (κ3) is 6.30. The van der Waals surface area contributed by atoms with Gasteiger partial charge in [0, 0.05) is 34.5 Å². The number of halogens is 1. The molecule has 230 valence electrons. The summed E-state index contributed by atoms with van der Waals surface area (Å²) in [6.45, 7) is 20.7. The zero-order chi connectivity index (χ0) is 29.6. The van der Waals surface area contributed by atoms with Crippen LogP contribution in [-0.2, 0) is 19.1 Å². The molecule has 3 fully saturated rings. The first-order chi connectivity index (χ1) is 17.9. The van der Waals surface area contributed by atoms with E-state index in [0.29, 0.717) is 19.4 Å². The van der Waals surface area contributed by atoms with Crippen LogP contribution in [0.5, 0.6) is 0 Å². The normalized spacial score (nSPS) is 38.4. The van der Waals surface area contributed by atoms with Gasteiger partial charge in [-0.2, -0.15) is 0 Å². The smallest absolute Gasteiger partial charge is 0.316 e. The largest absolute Gasteiger partial charge is 0.461 e. The number of aliphatic hydroxyl groups is 1. The molecule has 9 heteroatoms. The highest BCUT2D eigenvalue weighted by Crippen LogP contribution is 2.68. The van der Waals surface area contributed by atoms with Crippen LogP contribution in [0.15, 0.2) is 12.7 Å². The summed E-state index contributed by atoms with van der Waals surface area (Å²) in [7, 11) is 0. The minimum atomic E-state index is -0.684. The summed E-state index contributed by atoms with van der Waals surface area (Å²) >= 11 is 1.43. The maximum Gasteiger partial charge on any atom is 0.316 e. The van der Waals surface area contributed by atoms with Crippen LogP contribution < -0.4 is 11.1 Å². The van der Waals surface area contributed by atoms with E-state index < -0.39 is 33.8 Å². The van der Waals surface area contributed by atoms with Crippen LogP contribution >= 0.6 is 24.2 Å². The number of hydrogen-bond acceptors (Lipinski definition) is 7. The summed E-state index contributed by atoms with van der Waals surface area (Å²) in [6, 6.07) is -0.573. The topological polar surface area (TPSA) is 119 Å². The molecule has 0 radical (unpaired) electrons. The molecular weight excluding hydrogens is 548 g/mol. The van der Waals surface area contributed by atoms with E-state index in [9.17, 15) is 19.5 Å². The fourth-order valence-corrected chi connectivity index (χ4v) is 8.47. The van der Waals surface area contributed by atoms with E-state index in [1.165, 1.54) is 11.8 Å². The van der Waals surface area contributed by atoms with Gasteiger partial charge in [-0.1, -0.05) is 47.6 Å². The SMILES string of the molecule is C=C[C@]1(C)C[C@@H](OC(=O)CSC(C)(C)CNC(=O)[C@H](N)C(C)C)[C@@]2(C)[C@H](C)CC[C@]3(CCC(=O)[C@H]32)[C@@H](C)[C@@H]1O.Cl. The Labute approximate surface area is 252 Å². The van der Waals surface area contributed by atoms with Gasteiger partial charge >= 0.3 is 5.97 Å². The molecule has 3 rings (SSSR count). The van der Waals surface area contributed by atoms with Gasteiger partial charge in [-0.25, -0.2) is 0 Å². The van der Waals surface area contributed by atoms with Crippen molar-refractivity contribution in [2.45, 2.75) is 110 Å². The van der Waals surface area contributed by atoms with Crippen LogP contribution in [0.2, 0.25) is 0 Å². The van der Waals surface area contributed by atoms with Crippen molar-refractivity contribution >= 4 is 41.8 Å². The van der Waals surface area contributed by atoms with E-state index >= 15 is 0 Å². The fourth-order valence-electron chi connectivity index (χ4n) is 7.72. The summed E-state index contributed by atoms with van der Waals surface area (Å²) in [5, 5.41) is 14.6. The molecule has 3 aliphatic rings. The Balaban J connectivity index is 0.00000560. The van der Waals surface area contributed by atoms with Crippen LogP contribution in [0, 0.1) is 39.9 Å². The minimum absolute atomic E-state index is 0. The van der Waals surface area contributed by atoms with Gasteiger partial charge in [-0.3, -0.25) is 14.4 Å². The molecule has 0 aromatic heterocycles. The molecule has 3 saturated carbocycles. The van der Waals surface area contributed by atoms with Crippen LogP contribution in [0.25, 0.3) is 0 Å². The Bertz CT molecular complexity index is 975. The summed E-state index contributed by atoms with van der Waals surface area (Å²) < 4.78 is 5.92. The highest BCUT2D eigenvalue weighted by atomic mass is 35.5. The number of rotatable bonds is 9. The van der Waals surface area contributed by atoms with E-state index in [-0.39, 0.29) is 64.9 Å². The van der Waals surface area contributed by atoms with Gasteiger partial charge in [-0.05, 0) is 62.7 Å². The first kappa shape index (κ1) is 35.1. The number of aliphatic hydroxyl groups excluding tert-OH is 1. The zero-order valence-corrected chi connectivity index (χ0v) is 27.4. The van der Waals surface area contributed by atoms with Crippen molar-refractivity contribution in [3.8, 4) is 0 Å². The Morgan fingerprint density at radius 1 is 1.27 bits per heavy atom. The third-order valence-corrected chi connectivity index (χ3v) is 12.2. The average molecular weight is 601 g/mol. The summed E-state index contributed by atoms with van der Waals surface area (Å²) in [5.74, 6) is -0.243. The second-order valence-corrected chi connectivity index (χ2v) is 15.8. The average Bonchev–Trinajstić information content (AvgIpc) is 3.24. The van der Waals surface area contributed by atoms with Gasteiger partial charge in [0.05, 0.1) is 17.9 Å². The molecule has 2 bridgehead atoms. The lowest BCUT2D eigenvalue weighted by Crippen LogP contribution is -2.63. The number of carbonyl (C=O) groups excluding carboxylic acids is 3. The van der Waals surface area contributed by atoms with Gasteiger partial charge < -0.3 is 20.9 Å². The lowest BCUT2D eigenvalue weighted by molar-refractivity contribution is -0.205. The molecule has 7 nitrogen and oxygen atoms in total. The minimum Gasteiger partial charge on any atom is -0.461 e. The van der Waals surface area contributed by atoms with E-state index in [2.05, 4.69) is 32.7 Å². The molecule has 9 atom stereocenters. The molecule has 0 spiro atoms. The highest BCUT2D eigenvalue weighted by Gasteiger charge is 2.68. The van der Waals surface area contributed by atoms with E-state index in [1.807, 2.05) is 40.7 Å². The second kappa shape index (κ2) is 12.6. The lowest BCUT2D eigenvalue weighted by atomic mass is 9.44. The monoisotopic (exact) mass is 600 g/mol. The first-order valence-electron chi connectivity index (χ1n) is 14.7. The molecule has 0 aromatic rings. The van der Waals surface area contributed by atoms with Crippen LogP contribution in [0.3, 0.4) is 0 Å². The van der Waals surface area contributed by atoms with Gasteiger partial charge in [0.15, 0.2) is 0 Å². The number of nitrogens with two attached hydrogens (primary N) is 1. The maximum absolute atomic E-state index is 13.5. The highest BCUT2D eigenvalue weighted by molar-refractivity contribution is 8.01. The molecule has 0 heterocycles. The molecule has 1 amide bonds. The molecule has 0 aliphatic heterocycles. The standard InChI is InChI=1S/C31H52N2O5S.ClH/c1-10-29(8)15-22(38-23(35)16-39-28(6,7)17-33-27(37)24(32)18(2)3)30(9)19(4)11-13-31(20(5)26(29)36)14-12-21(34)25(30)31;/h10,18-20,22,24-26,36H,1,11-17,32H2,2-9H3,(H,33,37);1H/t19-,20+,22-,24-,25+,26+,29-,30-,31+;/m1./s1. The number of ketones is 1. The van der Waals surface area contributed by atoms with Crippen molar-refractivity contribution in [2.24, 2.45) is 45.7 Å².